The Balaban J connectivity index is 2.73. The van der Waals surface area contributed by atoms with E-state index in [-0.39, 0.29) is 51.4 Å². The van der Waals surface area contributed by atoms with Crippen LogP contribution in [0.4, 0.5) is 8.78 Å². The SMILES string of the molecule is CC(C)[C@H](NCCCC(OS(C)(=O)=O)C(F)(F)C1CCOCC1)C(=O)OC(C)(C)C. The highest BCUT2D eigenvalue weighted by atomic mass is 32.2. The zero-order chi connectivity index (χ0) is 23.2. The molecule has 1 N–H and O–H groups in total. The Morgan fingerprint density at radius 2 is 1.77 bits per heavy atom. The lowest BCUT2D eigenvalue weighted by molar-refractivity contribution is -0.160. The number of nitrogens with one attached hydrogen (secondary N) is 1. The van der Waals surface area contributed by atoms with Crippen molar-refractivity contribution in [1.82, 2.24) is 5.32 Å². The summed E-state index contributed by atoms with van der Waals surface area (Å²) in [4.78, 5) is 12.4. The molecule has 0 aliphatic carbocycles. The molecule has 0 radical (unpaired) electrons. The summed E-state index contributed by atoms with van der Waals surface area (Å²) >= 11 is 0. The number of hydrogen-bond acceptors (Lipinski definition) is 7. The minimum absolute atomic E-state index is 0.0633. The lowest BCUT2D eigenvalue weighted by Crippen LogP contribution is -2.47. The van der Waals surface area contributed by atoms with Gasteiger partial charge in [-0.25, -0.2) is 8.78 Å². The molecule has 178 valence electrons. The molecule has 1 aliphatic rings. The highest BCUT2D eigenvalue weighted by molar-refractivity contribution is 7.86. The van der Waals surface area contributed by atoms with Crippen LogP contribution in [-0.4, -0.2) is 64.1 Å². The Morgan fingerprint density at radius 1 is 1.20 bits per heavy atom. The minimum atomic E-state index is -4.05. The number of rotatable bonds is 11. The molecule has 1 aliphatic heterocycles. The third kappa shape index (κ3) is 9.53. The number of esters is 1. The van der Waals surface area contributed by atoms with Gasteiger partial charge in [0.2, 0.25) is 0 Å². The molecule has 0 spiro atoms. The van der Waals surface area contributed by atoms with E-state index in [1.807, 2.05) is 13.8 Å². The van der Waals surface area contributed by atoms with E-state index in [2.05, 4.69) is 5.32 Å². The van der Waals surface area contributed by atoms with Gasteiger partial charge in [-0.2, -0.15) is 8.42 Å². The second kappa shape index (κ2) is 11.2. The maximum absolute atomic E-state index is 15.0. The molecule has 0 bridgehead atoms. The predicted octanol–water partition coefficient (Wildman–Crippen LogP) is 3.13. The van der Waals surface area contributed by atoms with Gasteiger partial charge in [0, 0.05) is 19.1 Å². The maximum atomic E-state index is 15.0. The Kier molecular flexibility index (Phi) is 10.1. The summed E-state index contributed by atoms with van der Waals surface area (Å²) < 4.78 is 68.4. The molecule has 1 fully saturated rings. The first-order valence-electron chi connectivity index (χ1n) is 10.4. The molecule has 0 aromatic rings. The van der Waals surface area contributed by atoms with Crippen LogP contribution < -0.4 is 5.32 Å². The summed E-state index contributed by atoms with van der Waals surface area (Å²) in [5.74, 6) is -4.76. The fourth-order valence-corrected chi connectivity index (χ4v) is 4.01. The van der Waals surface area contributed by atoms with Crippen LogP contribution in [0.2, 0.25) is 0 Å². The first-order valence-corrected chi connectivity index (χ1v) is 12.2. The molecule has 10 heteroatoms. The molecule has 1 saturated heterocycles. The molecule has 1 heterocycles. The average Bonchev–Trinajstić information content (AvgIpc) is 2.58. The number of halogens is 2. The molecular formula is C20H37F2NO6S. The van der Waals surface area contributed by atoms with Crippen molar-refractivity contribution >= 4 is 16.1 Å². The molecule has 0 aromatic carbocycles. The van der Waals surface area contributed by atoms with Crippen LogP contribution >= 0.6 is 0 Å². The molecular weight excluding hydrogens is 420 g/mol. The van der Waals surface area contributed by atoms with Crippen molar-refractivity contribution in [2.75, 3.05) is 26.0 Å². The number of ether oxygens (including phenoxy) is 2. The number of alkyl halides is 2. The van der Waals surface area contributed by atoms with E-state index in [0.717, 1.165) is 6.26 Å². The number of carbonyl (C=O) groups excluding carboxylic acids is 1. The molecule has 7 nitrogen and oxygen atoms in total. The second-order valence-electron chi connectivity index (χ2n) is 9.20. The Hall–Kier alpha value is -0.840. The van der Waals surface area contributed by atoms with Gasteiger partial charge in [-0.05, 0) is 58.9 Å². The molecule has 1 unspecified atom stereocenters. The van der Waals surface area contributed by atoms with Crippen LogP contribution in [-0.2, 0) is 28.6 Å². The molecule has 1 rings (SSSR count). The van der Waals surface area contributed by atoms with Gasteiger partial charge in [-0.1, -0.05) is 13.8 Å². The lowest BCUT2D eigenvalue weighted by atomic mass is 9.88. The fraction of sp³-hybridized carbons (Fsp3) is 0.950. The predicted molar refractivity (Wildman–Crippen MR) is 110 cm³/mol. The molecule has 2 atom stereocenters. The van der Waals surface area contributed by atoms with Crippen molar-refractivity contribution in [1.29, 1.82) is 0 Å². The van der Waals surface area contributed by atoms with Gasteiger partial charge in [0.15, 0.2) is 0 Å². The van der Waals surface area contributed by atoms with Crippen LogP contribution in [0.15, 0.2) is 0 Å². The highest BCUT2D eigenvalue weighted by Crippen LogP contribution is 2.38. The van der Waals surface area contributed by atoms with Crippen LogP contribution in [0, 0.1) is 11.8 Å². The molecule has 0 saturated carbocycles. The van der Waals surface area contributed by atoms with Crippen LogP contribution in [0.1, 0.15) is 60.3 Å². The van der Waals surface area contributed by atoms with Crippen molar-refractivity contribution in [2.24, 2.45) is 11.8 Å². The van der Waals surface area contributed by atoms with E-state index in [9.17, 15) is 22.0 Å². The van der Waals surface area contributed by atoms with Gasteiger partial charge in [-0.3, -0.25) is 8.98 Å². The van der Waals surface area contributed by atoms with E-state index >= 15 is 0 Å². The van der Waals surface area contributed by atoms with Crippen molar-refractivity contribution < 1.29 is 35.6 Å². The lowest BCUT2D eigenvalue weighted by Gasteiger charge is -2.35. The zero-order valence-corrected chi connectivity index (χ0v) is 19.7. The first kappa shape index (κ1) is 27.2. The Labute approximate surface area is 179 Å². The molecule has 0 amide bonds. The monoisotopic (exact) mass is 457 g/mol. The summed E-state index contributed by atoms with van der Waals surface area (Å²) in [5.41, 5.74) is -0.633. The van der Waals surface area contributed by atoms with Gasteiger partial charge < -0.3 is 14.8 Å². The summed E-state index contributed by atoms with van der Waals surface area (Å²) in [6, 6.07) is -0.588. The molecule has 0 aromatic heterocycles. The summed E-state index contributed by atoms with van der Waals surface area (Å²) in [5, 5.41) is 3.05. The van der Waals surface area contributed by atoms with Crippen LogP contribution in [0.3, 0.4) is 0 Å². The summed E-state index contributed by atoms with van der Waals surface area (Å²) in [7, 11) is -4.05. The van der Waals surface area contributed by atoms with Gasteiger partial charge in [-0.15, -0.1) is 0 Å². The van der Waals surface area contributed by atoms with Crippen molar-refractivity contribution in [3.8, 4) is 0 Å². The first-order chi connectivity index (χ1) is 13.6. The van der Waals surface area contributed by atoms with Crippen molar-refractivity contribution in [3.05, 3.63) is 0 Å². The number of carbonyl (C=O) groups is 1. The minimum Gasteiger partial charge on any atom is -0.459 e. The van der Waals surface area contributed by atoms with E-state index in [0.29, 0.717) is 0 Å². The zero-order valence-electron chi connectivity index (χ0n) is 18.9. The summed E-state index contributed by atoms with van der Waals surface area (Å²) in [6.07, 6.45) is -0.618. The van der Waals surface area contributed by atoms with Crippen LogP contribution in [0.5, 0.6) is 0 Å². The highest BCUT2D eigenvalue weighted by Gasteiger charge is 2.49. The van der Waals surface area contributed by atoms with E-state index in [1.165, 1.54) is 0 Å². The third-order valence-corrected chi connectivity index (χ3v) is 5.40. The van der Waals surface area contributed by atoms with Crippen molar-refractivity contribution in [2.45, 2.75) is 84.0 Å². The Morgan fingerprint density at radius 3 is 2.23 bits per heavy atom. The fourth-order valence-electron chi connectivity index (χ4n) is 3.36. The Bertz CT molecular complexity index is 642. The quantitative estimate of drug-likeness (QED) is 0.290. The van der Waals surface area contributed by atoms with E-state index < -0.39 is 45.7 Å². The van der Waals surface area contributed by atoms with E-state index in [1.54, 1.807) is 20.8 Å². The van der Waals surface area contributed by atoms with E-state index in [4.69, 9.17) is 13.7 Å². The smallest absolute Gasteiger partial charge is 0.323 e. The topological polar surface area (TPSA) is 90.9 Å². The van der Waals surface area contributed by atoms with Crippen LogP contribution in [0.25, 0.3) is 0 Å². The largest absolute Gasteiger partial charge is 0.459 e. The average molecular weight is 458 g/mol. The third-order valence-electron chi connectivity index (χ3n) is 4.82. The molecule has 30 heavy (non-hydrogen) atoms. The second-order valence-corrected chi connectivity index (χ2v) is 10.8. The van der Waals surface area contributed by atoms with Gasteiger partial charge in [0.1, 0.15) is 17.7 Å². The standard InChI is InChI=1S/C20H37F2NO6S/c1-14(2)17(18(24)28-19(3,4)5)23-11-7-8-16(29-30(6,25)26)20(21,22)15-9-12-27-13-10-15/h14-17,23H,7-13H2,1-6H3/t16?,17-/m0/s1. The van der Waals surface area contributed by atoms with Gasteiger partial charge >= 0.3 is 5.97 Å². The van der Waals surface area contributed by atoms with Crippen molar-refractivity contribution in [3.63, 3.8) is 0 Å². The maximum Gasteiger partial charge on any atom is 0.323 e. The van der Waals surface area contributed by atoms with Gasteiger partial charge in [0.05, 0.1) is 6.26 Å². The normalized spacial score (nSPS) is 19.0. The summed E-state index contributed by atoms with van der Waals surface area (Å²) in [6.45, 7) is 9.72. The van der Waals surface area contributed by atoms with Gasteiger partial charge in [0.25, 0.3) is 16.0 Å². The number of hydrogen-bond donors (Lipinski definition) is 1.